The molecule has 1 saturated heterocycles. The number of hydrogen-bond acceptors (Lipinski definition) is 6. The van der Waals surface area contributed by atoms with E-state index in [1.54, 1.807) is 0 Å². The van der Waals surface area contributed by atoms with Crippen LogP contribution in [0.2, 0.25) is 0 Å². The molecule has 0 spiro atoms. The quantitative estimate of drug-likeness (QED) is 0.352. The molecule has 1 aliphatic rings. The molecule has 35 heavy (non-hydrogen) atoms. The van der Waals surface area contributed by atoms with Crippen LogP contribution in [0.5, 0.6) is 11.5 Å². The van der Waals surface area contributed by atoms with Crippen LogP contribution in [0.15, 0.2) is 60.9 Å². The Morgan fingerprint density at radius 2 is 1.77 bits per heavy atom. The van der Waals surface area contributed by atoms with Crippen LogP contribution in [0.25, 0.3) is 22.3 Å². The molecule has 1 atom stereocenters. The van der Waals surface area contributed by atoms with Crippen molar-refractivity contribution >= 4 is 16.9 Å². The van der Waals surface area contributed by atoms with E-state index in [0.29, 0.717) is 5.82 Å². The number of rotatable bonds is 7. The van der Waals surface area contributed by atoms with Gasteiger partial charge in [0.2, 0.25) is 0 Å². The van der Waals surface area contributed by atoms with E-state index >= 15 is 0 Å². The van der Waals surface area contributed by atoms with Gasteiger partial charge in [-0.1, -0.05) is 31.5 Å². The summed E-state index contributed by atoms with van der Waals surface area (Å²) in [7, 11) is 0. The molecule has 0 bridgehead atoms. The summed E-state index contributed by atoms with van der Waals surface area (Å²) < 4.78 is 8.05. The zero-order valence-corrected chi connectivity index (χ0v) is 20.8. The van der Waals surface area contributed by atoms with Crippen LogP contribution in [-0.2, 0) is 0 Å². The molecule has 1 aliphatic heterocycles. The molecule has 2 aromatic carbocycles. The van der Waals surface area contributed by atoms with Gasteiger partial charge < -0.3 is 10.5 Å². The van der Waals surface area contributed by atoms with E-state index < -0.39 is 0 Å². The Kier molecular flexibility index (Phi) is 6.43. The summed E-state index contributed by atoms with van der Waals surface area (Å²) in [5.41, 5.74) is 9.12. The molecular formula is C28H34N6O. The topological polar surface area (TPSA) is 82.1 Å². The van der Waals surface area contributed by atoms with Gasteiger partial charge in [0.1, 0.15) is 29.3 Å². The number of likely N-dealkylation sites (tertiary alicyclic amines) is 1. The van der Waals surface area contributed by atoms with Crippen LogP contribution in [0.3, 0.4) is 0 Å². The molecule has 7 nitrogen and oxygen atoms in total. The molecule has 182 valence electrons. The lowest BCUT2D eigenvalue weighted by atomic mass is 9.92. The first kappa shape index (κ1) is 23.3. The highest BCUT2D eigenvalue weighted by molar-refractivity contribution is 5.98. The second-order valence-corrected chi connectivity index (χ2v) is 9.99. The maximum Gasteiger partial charge on any atom is 0.164 e. The standard InChI is InChI=1S/C28H34N6O/c1-4-16-28(2,3)33-17-8-9-21(18-33)34-27-24(26(29)30-19-31-27)25(32-34)20-12-14-23(15-13-20)35-22-10-6-5-7-11-22/h5-7,10-15,19,21H,4,8-9,16-18H2,1-3H3,(H2,29,30,31). The van der Waals surface area contributed by atoms with E-state index in [-0.39, 0.29) is 11.6 Å². The van der Waals surface area contributed by atoms with E-state index in [4.69, 9.17) is 15.6 Å². The number of aromatic nitrogens is 4. The summed E-state index contributed by atoms with van der Waals surface area (Å²) in [5, 5.41) is 5.90. The third kappa shape index (κ3) is 4.73. The van der Waals surface area contributed by atoms with Crippen molar-refractivity contribution < 1.29 is 4.74 Å². The van der Waals surface area contributed by atoms with Gasteiger partial charge in [0.05, 0.1) is 11.4 Å². The average molecular weight is 471 g/mol. The third-order valence-corrected chi connectivity index (χ3v) is 7.09. The molecule has 4 aromatic rings. The Morgan fingerprint density at radius 1 is 1.03 bits per heavy atom. The van der Waals surface area contributed by atoms with Crippen molar-refractivity contribution in [1.29, 1.82) is 0 Å². The zero-order chi connectivity index (χ0) is 24.4. The number of para-hydroxylation sites is 1. The number of ether oxygens (including phenoxy) is 1. The summed E-state index contributed by atoms with van der Waals surface area (Å²) >= 11 is 0. The van der Waals surface area contributed by atoms with Crippen molar-refractivity contribution in [3.63, 3.8) is 0 Å². The van der Waals surface area contributed by atoms with E-state index in [9.17, 15) is 0 Å². The first-order valence-corrected chi connectivity index (χ1v) is 12.5. The van der Waals surface area contributed by atoms with Gasteiger partial charge in [-0.3, -0.25) is 4.90 Å². The van der Waals surface area contributed by atoms with Gasteiger partial charge >= 0.3 is 0 Å². The number of nitrogens with zero attached hydrogens (tertiary/aromatic N) is 5. The largest absolute Gasteiger partial charge is 0.457 e. The van der Waals surface area contributed by atoms with Crippen LogP contribution in [0.1, 0.15) is 52.5 Å². The highest BCUT2D eigenvalue weighted by atomic mass is 16.5. The zero-order valence-electron chi connectivity index (χ0n) is 20.8. The molecule has 7 heteroatoms. The summed E-state index contributed by atoms with van der Waals surface area (Å²) in [6.45, 7) is 9.04. The highest BCUT2D eigenvalue weighted by Crippen LogP contribution is 2.36. The summed E-state index contributed by atoms with van der Waals surface area (Å²) in [6, 6.07) is 18.0. The smallest absolute Gasteiger partial charge is 0.164 e. The van der Waals surface area contributed by atoms with Crippen LogP contribution in [0, 0.1) is 0 Å². The minimum Gasteiger partial charge on any atom is -0.457 e. The minimum absolute atomic E-state index is 0.168. The Morgan fingerprint density at radius 3 is 2.51 bits per heavy atom. The Labute approximate surface area is 206 Å². The lowest BCUT2D eigenvalue weighted by Crippen LogP contribution is -2.49. The van der Waals surface area contributed by atoms with Gasteiger partial charge in [0, 0.05) is 17.6 Å². The van der Waals surface area contributed by atoms with Crippen molar-refractivity contribution in [3.8, 4) is 22.8 Å². The van der Waals surface area contributed by atoms with Crippen LogP contribution < -0.4 is 10.5 Å². The average Bonchev–Trinajstić information content (AvgIpc) is 3.26. The van der Waals surface area contributed by atoms with Crippen LogP contribution in [0.4, 0.5) is 5.82 Å². The maximum absolute atomic E-state index is 6.37. The first-order chi connectivity index (χ1) is 17.0. The number of fused-ring (bicyclic) bond motifs is 1. The summed E-state index contributed by atoms with van der Waals surface area (Å²) in [4.78, 5) is 11.5. The number of benzene rings is 2. The van der Waals surface area contributed by atoms with Gasteiger partial charge in [-0.2, -0.15) is 5.10 Å². The Bertz CT molecular complexity index is 1280. The highest BCUT2D eigenvalue weighted by Gasteiger charge is 2.33. The molecule has 0 saturated carbocycles. The van der Waals surface area contributed by atoms with Gasteiger partial charge in [-0.15, -0.1) is 0 Å². The molecule has 2 aromatic heterocycles. The molecule has 1 unspecified atom stereocenters. The van der Waals surface area contributed by atoms with Gasteiger partial charge in [0.25, 0.3) is 0 Å². The molecule has 0 radical (unpaired) electrons. The third-order valence-electron chi connectivity index (χ3n) is 7.09. The second kappa shape index (κ2) is 9.66. The summed E-state index contributed by atoms with van der Waals surface area (Å²) in [5.74, 6) is 2.04. The predicted molar refractivity (Wildman–Crippen MR) is 141 cm³/mol. The SMILES string of the molecule is CCCC(C)(C)N1CCCC(n2nc(-c3ccc(Oc4ccccc4)cc3)c3c(N)ncnc32)C1. The molecule has 0 aliphatic carbocycles. The molecular weight excluding hydrogens is 436 g/mol. The molecule has 3 heterocycles. The maximum atomic E-state index is 6.37. The normalized spacial score (nSPS) is 17.1. The molecule has 1 fully saturated rings. The fourth-order valence-electron chi connectivity index (χ4n) is 5.23. The van der Waals surface area contributed by atoms with Gasteiger partial charge in [0.15, 0.2) is 5.65 Å². The van der Waals surface area contributed by atoms with Crippen molar-refractivity contribution in [2.45, 2.75) is 58.0 Å². The predicted octanol–water partition coefficient (Wildman–Crippen LogP) is 6.08. The van der Waals surface area contributed by atoms with E-state index in [1.165, 1.54) is 19.2 Å². The number of anilines is 1. The van der Waals surface area contributed by atoms with E-state index in [0.717, 1.165) is 59.7 Å². The van der Waals surface area contributed by atoms with Crippen LogP contribution in [-0.4, -0.2) is 43.3 Å². The van der Waals surface area contributed by atoms with Crippen LogP contribution >= 0.6 is 0 Å². The van der Waals surface area contributed by atoms with Crippen molar-refractivity contribution in [1.82, 2.24) is 24.6 Å². The summed E-state index contributed by atoms with van der Waals surface area (Å²) in [6.07, 6.45) is 6.11. The molecule has 0 amide bonds. The monoisotopic (exact) mass is 470 g/mol. The fraction of sp³-hybridized carbons (Fsp3) is 0.393. The molecule has 2 N–H and O–H groups in total. The first-order valence-electron chi connectivity index (χ1n) is 12.5. The van der Waals surface area contributed by atoms with Gasteiger partial charge in [-0.05, 0) is 76.1 Å². The number of piperidine rings is 1. The van der Waals surface area contributed by atoms with Crippen molar-refractivity contribution in [2.75, 3.05) is 18.8 Å². The fourth-order valence-corrected chi connectivity index (χ4v) is 5.23. The second-order valence-electron chi connectivity index (χ2n) is 9.99. The lowest BCUT2D eigenvalue weighted by molar-refractivity contribution is 0.0609. The molecule has 5 rings (SSSR count). The van der Waals surface area contributed by atoms with Crippen molar-refractivity contribution in [3.05, 3.63) is 60.9 Å². The Balaban J connectivity index is 1.48. The van der Waals surface area contributed by atoms with E-state index in [1.807, 2.05) is 54.6 Å². The number of nitrogens with two attached hydrogens (primary N) is 1. The van der Waals surface area contributed by atoms with E-state index in [2.05, 4.69) is 40.3 Å². The minimum atomic E-state index is 0.168. The lowest BCUT2D eigenvalue weighted by Gasteiger charge is -2.43. The van der Waals surface area contributed by atoms with Gasteiger partial charge in [-0.25, -0.2) is 14.6 Å². The number of hydrogen-bond donors (Lipinski definition) is 1. The Hall–Kier alpha value is -3.45. The van der Waals surface area contributed by atoms with Crippen molar-refractivity contribution in [2.24, 2.45) is 0 Å². The number of nitrogen functional groups attached to an aromatic ring is 1.